The summed E-state index contributed by atoms with van der Waals surface area (Å²) in [6.07, 6.45) is 2.51. The van der Waals surface area contributed by atoms with Crippen molar-refractivity contribution in [1.29, 1.82) is 0 Å². The molecule has 100 valence electrons. The predicted octanol–water partition coefficient (Wildman–Crippen LogP) is 3.83. The Balaban J connectivity index is 2.19. The van der Waals surface area contributed by atoms with Gasteiger partial charge >= 0.3 is 0 Å². The Hall–Kier alpha value is -0.610. The van der Waals surface area contributed by atoms with Gasteiger partial charge in [-0.3, -0.25) is 4.90 Å². The van der Waals surface area contributed by atoms with Crippen molar-refractivity contribution in [3.8, 4) is 5.75 Å². The normalized spacial score (nSPS) is 21.0. The number of benzene rings is 1. The molecule has 0 aliphatic carbocycles. The van der Waals surface area contributed by atoms with E-state index in [-0.39, 0.29) is 5.82 Å². The van der Waals surface area contributed by atoms with Crippen LogP contribution in [-0.4, -0.2) is 25.1 Å². The van der Waals surface area contributed by atoms with E-state index in [1.54, 1.807) is 13.2 Å². The largest absolute Gasteiger partial charge is 0.496 e. The number of ether oxygens (including phenoxy) is 1. The molecule has 0 spiro atoms. The van der Waals surface area contributed by atoms with Crippen LogP contribution in [0, 0.1) is 11.7 Å². The number of piperidine rings is 1. The maximum atomic E-state index is 13.6. The van der Waals surface area contributed by atoms with Gasteiger partial charge in [0, 0.05) is 18.7 Å². The molecule has 1 aliphatic rings. The monoisotopic (exact) mass is 315 g/mol. The van der Waals surface area contributed by atoms with E-state index in [0.29, 0.717) is 4.47 Å². The summed E-state index contributed by atoms with van der Waals surface area (Å²) in [4.78, 5) is 2.37. The fourth-order valence-electron chi connectivity index (χ4n) is 2.57. The molecule has 2 rings (SSSR count). The van der Waals surface area contributed by atoms with Gasteiger partial charge < -0.3 is 4.74 Å². The molecule has 2 nitrogen and oxygen atoms in total. The Labute approximate surface area is 116 Å². The highest BCUT2D eigenvalue weighted by atomic mass is 79.9. The SMILES string of the molecule is COc1ccc(F)c(Br)c1CN1CCCC(C)C1. The number of methoxy groups -OCH3 is 1. The molecule has 0 saturated carbocycles. The first-order chi connectivity index (χ1) is 8.61. The fourth-order valence-corrected chi connectivity index (χ4v) is 3.02. The van der Waals surface area contributed by atoms with Crippen LogP contribution in [0.3, 0.4) is 0 Å². The van der Waals surface area contributed by atoms with Gasteiger partial charge in [0.2, 0.25) is 0 Å². The molecule has 1 fully saturated rings. The van der Waals surface area contributed by atoms with Gasteiger partial charge in [0.05, 0.1) is 11.6 Å². The average Bonchev–Trinajstić information content (AvgIpc) is 2.35. The molecule has 1 heterocycles. The second-order valence-corrected chi connectivity index (χ2v) is 5.82. The molecular weight excluding hydrogens is 297 g/mol. The van der Waals surface area contributed by atoms with Crippen molar-refractivity contribution in [3.63, 3.8) is 0 Å². The topological polar surface area (TPSA) is 12.5 Å². The highest BCUT2D eigenvalue weighted by Crippen LogP contribution is 2.31. The van der Waals surface area contributed by atoms with E-state index >= 15 is 0 Å². The number of hydrogen-bond donors (Lipinski definition) is 0. The molecule has 1 aliphatic heterocycles. The first kappa shape index (κ1) is 13.8. The van der Waals surface area contributed by atoms with Crippen LogP contribution in [0.15, 0.2) is 16.6 Å². The van der Waals surface area contributed by atoms with E-state index in [0.717, 1.165) is 36.9 Å². The van der Waals surface area contributed by atoms with Crippen LogP contribution in [0.5, 0.6) is 5.75 Å². The van der Waals surface area contributed by atoms with Crippen molar-refractivity contribution in [2.45, 2.75) is 26.3 Å². The average molecular weight is 316 g/mol. The summed E-state index contributed by atoms with van der Waals surface area (Å²) in [5, 5.41) is 0. The minimum atomic E-state index is -0.226. The Morgan fingerprint density at radius 3 is 2.94 bits per heavy atom. The number of likely N-dealkylation sites (tertiary alicyclic amines) is 1. The molecular formula is C14H19BrFNO. The maximum Gasteiger partial charge on any atom is 0.137 e. The lowest BCUT2D eigenvalue weighted by Crippen LogP contribution is -2.34. The minimum absolute atomic E-state index is 0.226. The van der Waals surface area contributed by atoms with Gasteiger partial charge in [0.1, 0.15) is 11.6 Å². The third-order valence-corrected chi connectivity index (χ3v) is 4.35. The van der Waals surface area contributed by atoms with E-state index in [9.17, 15) is 4.39 Å². The van der Waals surface area contributed by atoms with Crippen molar-refractivity contribution in [3.05, 3.63) is 28.0 Å². The fraction of sp³-hybridized carbons (Fsp3) is 0.571. The van der Waals surface area contributed by atoms with Crippen LogP contribution >= 0.6 is 15.9 Å². The molecule has 0 bridgehead atoms. The van der Waals surface area contributed by atoms with Crippen LogP contribution in [-0.2, 0) is 6.54 Å². The lowest BCUT2D eigenvalue weighted by Gasteiger charge is -2.31. The third-order valence-electron chi connectivity index (χ3n) is 3.50. The molecule has 4 heteroatoms. The van der Waals surface area contributed by atoms with Gasteiger partial charge in [-0.25, -0.2) is 4.39 Å². The summed E-state index contributed by atoms with van der Waals surface area (Å²) in [6, 6.07) is 3.13. The quantitative estimate of drug-likeness (QED) is 0.840. The first-order valence-corrected chi connectivity index (χ1v) is 7.14. The van der Waals surface area contributed by atoms with Gasteiger partial charge in [-0.15, -0.1) is 0 Å². The summed E-state index contributed by atoms with van der Waals surface area (Å²) in [5.74, 6) is 1.24. The highest BCUT2D eigenvalue weighted by molar-refractivity contribution is 9.10. The molecule has 1 saturated heterocycles. The summed E-state index contributed by atoms with van der Waals surface area (Å²) >= 11 is 3.33. The van der Waals surface area contributed by atoms with Gasteiger partial charge in [0.25, 0.3) is 0 Å². The van der Waals surface area contributed by atoms with E-state index in [4.69, 9.17) is 4.74 Å². The minimum Gasteiger partial charge on any atom is -0.496 e. The second kappa shape index (κ2) is 6.02. The summed E-state index contributed by atoms with van der Waals surface area (Å²) in [7, 11) is 1.63. The van der Waals surface area contributed by atoms with Crippen LogP contribution in [0.4, 0.5) is 4.39 Å². The molecule has 1 atom stereocenters. The maximum absolute atomic E-state index is 13.6. The third kappa shape index (κ3) is 3.04. The van der Waals surface area contributed by atoms with Crippen LogP contribution in [0.1, 0.15) is 25.3 Å². The van der Waals surface area contributed by atoms with E-state index in [1.165, 1.54) is 18.9 Å². The molecule has 0 radical (unpaired) electrons. The number of hydrogen-bond acceptors (Lipinski definition) is 2. The van der Waals surface area contributed by atoms with Gasteiger partial charge in [-0.2, -0.15) is 0 Å². The van der Waals surface area contributed by atoms with E-state index in [1.807, 2.05) is 0 Å². The second-order valence-electron chi connectivity index (χ2n) is 5.02. The zero-order valence-corrected chi connectivity index (χ0v) is 12.5. The van der Waals surface area contributed by atoms with Crippen molar-refractivity contribution in [2.24, 2.45) is 5.92 Å². The summed E-state index contributed by atoms with van der Waals surface area (Å²) < 4.78 is 19.5. The van der Waals surface area contributed by atoms with E-state index < -0.39 is 0 Å². The van der Waals surface area contributed by atoms with Crippen molar-refractivity contribution < 1.29 is 9.13 Å². The Bertz CT molecular complexity index is 425. The smallest absolute Gasteiger partial charge is 0.137 e. The van der Waals surface area contributed by atoms with Crippen LogP contribution in [0.2, 0.25) is 0 Å². The molecule has 0 amide bonds. The number of rotatable bonds is 3. The standard InChI is InChI=1S/C14H19BrFNO/c1-10-4-3-7-17(8-10)9-11-13(18-2)6-5-12(16)14(11)15/h5-6,10H,3-4,7-9H2,1-2H3. The molecule has 0 N–H and O–H groups in total. The van der Waals surface area contributed by atoms with Gasteiger partial charge in [-0.1, -0.05) is 6.92 Å². The number of nitrogens with zero attached hydrogens (tertiary/aromatic N) is 1. The summed E-state index contributed by atoms with van der Waals surface area (Å²) in [6.45, 7) is 5.17. The zero-order chi connectivity index (χ0) is 13.1. The van der Waals surface area contributed by atoms with Crippen molar-refractivity contribution in [2.75, 3.05) is 20.2 Å². The molecule has 1 aromatic rings. The Morgan fingerprint density at radius 2 is 2.28 bits per heavy atom. The van der Waals surface area contributed by atoms with Gasteiger partial charge in [-0.05, 0) is 53.4 Å². The van der Waals surface area contributed by atoms with Gasteiger partial charge in [0.15, 0.2) is 0 Å². The number of halogens is 2. The zero-order valence-electron chi connectivity index (χ0n) is 10.9. The molecule has 0 aromatic heterocycles. The lowest BCUT2D eigenvalue weighted by atomic mass is 9.99. The van der Waals surface area contributed by atoms with E-state index in [2.05, 4.69) is 27.8 Å². The van der Waals surface area contributed by atoms with Crippen LogP contribution in [0.25, 0.3) is 0 Å². The lowest BCUT2D eigenvalue weighted by molar-refractivity contribution is 0.174. The molecule has 18 heavy (non-hydrogen) atoms. The highest BCUT2D eigenvalue weighted by Gasteiger charge is 2.20. The van der Waals surface area contributed by atoms with Crippen LogP contribution < -0.4 is 4.74 Å². The Morgan fingerprint density at radius 1 is 1.50 bits per heavy atom. The predicted molar refractivity (Wildman–Crippen MR) is 74.3 cm³/mol. The first-order valence-electron chi connectivity index (χ1n) is 6.35. The molecule has 1 unspecified atom stereocenters. The van der Waals surface area contributed by atoms with Crippen molar-refractivity contribution in [1.82, 2.24) is 4.90 Å². The Kier molecular flexibility index (Phi) is 4.62. The van der Waals surface area contributed by atoms with Crippen molar-refractivity contribution >= 4 is 15.9 Å². The summed E-state index contributed by atoms with van der Waals surface area (Å²) in [5.41, 5.74) is 0.909. The molecule has 1 aromatic carbocycles.